The number of nitrogens with zero attached hydrogens (tertiary/aromatic N) is 1. The topological polar surface area (TPSA) is 24.4 Å². The summed E-state index contributed by atoms with van der Waals surface area (Å²) >= 11 is 1.85. The molecule has 1 N–H and O–H groups in total. The van der Waals surface area contributed by atoms with Gasteiger partial charge in [-0.25, -0.2) is 0 Å². The highest BCUT2D eigenvalue weighted by Gasteiger charge is 2.28. The smallest absolute Gasteiger partial charge is 0.157 e. The Hall–Kier alpha value is -0.670. The van der Waals surface area contributed by atoms with Gasteiger partial charge in [0.15, 0.2) is 5.17 Å². The molecular weight excluding hydrogens is 264 g/mol. The Balaban J connectivity index is 0.00000162. The van der Waals surface area contributed by atoms with Gasteiger partial charge in [0.2, 0.25) is 0 Å². The van der Waals surface area contributed by atoms with Gasteiger partial charge in [-0.2, -0.15) is 0 Å². The van der Waals surface area contributed by atoms with Crippen LogP contribution in [0.1, 0.15) is 32.8 Å². The third-order valence-electron chi connectivity index (χ3n) is 2.80. The second kappa shape index (κ2) is 6.48. The summed E-state index contributed by atoms with van der Waals surface area (Å²) in [4.78, 5) is 4.67. The van der Waals surface area contributed by atoms with E-state index in [0.29, 0.717) is 5.25 Å². The summed E-state index contributed by atoms with van der Waals surface area (Å²) in [6, 6.07) is 10.4. The van der Waals surface area contributed by atoms with Crippen LogP contribution in [-0.2, 0) is 6.54 Å². The Morgan fingerprint density at radius 3 is 2.61 bits per heavy atom. The van der Waals surface area contributed by atoms with Crippen molar-refractivity contribution in [3.63, 3.8) is 0 Å². The largest absolute Gasteiger partial charge is 0.360 e. The number of amidine groups is 1. The number of halogens is 1. The Kier molecular flexibility index (Phi) is 5.54. The minimum Gasteiger partial charge on any atom is -0.360 e. The van der Waals surface area contributed by atoms with E-state index in [4.69, 9.17) is 0 Å². The summed E-state index contributed by atoms with van der Waals surface area (Å²) in [5.41, 5.74) is 1.43. The van der Waals surface area contributed by atoms with Crippen LogP contribution < -0.4 is 5.32 Å². The van der Waals surface area contributed by atoms with E-state index < -0.39 is 0 Å². The molecule has 1 heterocycles. The van der Waals surface area contributed by atoms with Gasteiger partial charge in [-0.05, 0) is 25.8 Å². The molecule has 0 radical (unpaired) electrons. The molecule has 0 aliphatic carbocycles. The zero-order chi connectivity index (χ0) is 12.3. The van der Waals surface area contributed by atoms with E-state index in [2.05, 4.69) is 55.3 Å². The number of thioether (sulfide) groups is 1. The number of hydrogen-bond acceptors (Lipinski definition) is 2. The van der Waals surface area contributed by atoms with Crippen LogP contribution >= 0.6 is 24.2 Å². The van der Waals surface area contributed by atoms with Crippen LogP contribution in [0.5, 0.6) is 0 Å². The zero-order valence-electron chi connectivity index (χ0n) is 11.1. The Bertz CT molecular complexity index is 404. The molecule has 0 saturated carbocycles. The molecule has 1 aromatic carbocycles. The van der Waals surface area contributed by atoms with Crippen LogP contribution in [-0.4, -0.2) is 16.0 Å². The second-order valence-electron chi connectivity index (χ2n) is 5.25. The van der Waals surface area contributed by atoms with Crippen molar-refractivity contribution in [1.29, 1.82) is 0 Å². The van der Waals surface area contributed by atoms with Gasteiger partial charge in [-0.15, -0.1) is 12.4 Å². The Labute approximate surface area is 120 Å². The summed E-state index contributed by atoms with van der Waals surface area (Å²) < 4.78 is 0. The fourth-order valence-electron chi connectivity index (χ4n) is 2.14. The summed E-state index contributed by atoms with van der Waals surface area (Å²) in [7, 11) is 0. The second-order valence-corrected chi connectivity index (χ2v) is 6.68. The van der Waals surface area contributed by atoms with Crippen LogP contribution in [0.15, 0.2) is 35.3 Å². The van der Waals surface area contributed by atoms with Crippen LogP contribution in [0.4, 0.5) is 0 Å². The summed E-state index contributed by atoms with van der Waals surface area (Å²) in [5, 5.41) is 5.23. The van der Waals surface area contributed by atoms with Crippen molar-refractivity contribution in [2.24, 2.45) is 4.99 Å². The maximum absolute atomic E-state index is 4.67. The molecule has 4 heteroatoms. The standard InChI is InChI=1S/C14H20N2S.ClH/c1-11-9-14(2,3)16-13(17-11)15-10-12-7-5-4-6-8-12;/h4-8,11H,9-10H2,1-3H3,(H,15,16);1H. The van der Waals surface area contributed by atoms with Gasteiger partial charge in [0.25, 0.3) is 0 Å². The van der Waals surface area contributed by atoms with Crippen LogP contribution in [0.2, 0.25) is 0 Å². The first-order valence-corrected chi connectivity index (χ1v) is 6.96. The maximum Gasteiger partial charge on any atom is 0.157 e. The maximum atomic E-state index is 4.67. The molecule has 0 bridgehead atoms. The number of hydrogen-bond donors (Lipinski definition) is 1. The molecule has 1 unspecified atom stereocenters. The Morgan fingerprint density at radius 2 is 2.00 bits per heavy atom. The molecule has 1 aromatic rings. The molecule has 1 aliphatic rings. The van der Waals surface area contributed by atoms with Gasteiger partial charge < -0.3 is 5.32 Å². The molecule has 0 aromatic heterocycles. The van der Waals surface area contributed by atoms with Crippen molar-refractivity contribution in [3.05, 3.63) is 35.9 Å². The van der Waals surface area contributed by atoms with Crippen LogP contribution in [0, 0.1) is 0 Å². The first-order chi connectivity index (χ1) is 8.05. The molecular formula is C14H21ClN2S. The van der Waals surface area contributed by atoms with Crippen molar-refractivity contribution in [3.8, 4) is 0 Å². The van der Waals surface area contributed by atoms with Crippen molar-refractivity contribution >= 4 is 29.3 Å². The van der Waals surface area contributed by atoms with Gasteiger partial charge in [-0.3, -0.25) is 4.99 Å². The number of nitrogens with one attached hydrogen (secondary N) is 1. The quantitative estimate of drug-likeness (QED) is 0.892. The first-order valence-electron chi connectivity index (χ1n) is 6.08. The van der Waals surface area contributed by atoms with E-state index in [1.54, 1.807) is 0 Å². The Morgan fingerprint density at radius 1 is 1.33 bits per heavy atom. The fourth-order valence-corrected chi connectivity index (χ4v) is 3.50. The summed E-state index contributed by atoms with van der Waals surface area (Å²) in [5.74, 6) is 0. The molecule has 1 saturated heterocycles. The van der Waals surface area contributed by atoms with Gasteiger partial charge in [0.1, 0.15) is 0 Å². The third kappa shape index (κ3) is 4.54. The zero-order valence-corrected chi connectivity index (χ0v) is 12.8. The number of benzene rings is 1. The van der Waals surface area contributed by atoms with E-state index in [9.17, 15) is 0 Å². The van der Waals surface area contributed by atoms with Crippen molar-refractivity contribution in [1.82, 2.24) is 5.32 Å². The van der Waals surface area contributed by atoms with E-state index in [1.807, 2.05) is 17.8 Å². The van der Waals surface area contributed by atoms with Crippen LogP contribution in [0.25, 0.3) is 0 Å². The average molecular weight is 285 g/mol. The predicted octanol–water partition coefficient (Wildman–Crippen LogP) is 3.86. The predicted molar refractivity (Wildman–Crippen MR) is 83.7 cm³/mol. The van der Waals surface area contributed by atoms with E-state index >= 15 is 0 Å². The molecule has 0 spiro atoms. The molecule has 100 valence electrons. The molecule has 2 rings (SSSR count). The van der Waals surface area contributed by atoms with Gasteiger partial charge >= 0.3 is 0 Å². The van der Waals surface area contributed by atoms with Gasteiger partial charge in [0.05, 0.1) is 6.54 Å². The summed E-state index contributed by atoms with van der Waals surface area (Å²) in [6.45, 7) is 7.51. The molecule has 0 amide bonds. The minimum absolute atomic E-state index is 0. The molecule has 18 heavy (non-hydrogen) atoms. The lowest BCUT2D eigenvalue weighted by Gasteiger charge is -2.36. The van der Waals surface area contributed by atoms with E-state index in [1.165, 1.54) is 12.0 Å². The third-order valence-corrected chi connectivity index (χ3v) is 3.83. The van der Waals surface area contributed by atoms with Crippen molar-refractivity contribution in [2.75, 3.05) is 0 Å². The lowest BCUT2D eigenvalue weighted by Crippen LogP contribution is -2.48. The van der Waals surface area contributed by atoms with E-state index in [0.717, 1.165) is 11.7 Å². The highest BCUT2D eigenvalue weighted by atomic mass is 35.5. The highest BCUT2D eigenvalue weighted by molar-refractivity contribution is 8.14. The normalized spacial score (nSPS) is 24.2. The van der Waals surface area contributed by atoms with Crippen LogP contribution in [0.3, 0.4) is 0 Å². The van der Waals surface area contributed by atoms with Gasteiger partial charge in [-0.1, -0.05) is 49.0 Å². The lowest BCUT2D eigenvalue weighted by molar-refractivity contribution is 0.421. The number of aliphatic imine (C=N–C) groups is 1. The highest BCUT2D eigenvalue weighted by Crippen LogP contribution is 2.28. The minimum atomic E-state index is 0. The summed E-state index contributed by atoms with van der Waals surface area (Å²) in [6.07, 6.45) is 1.18. The molecule has 2 nitrogen and oxygen atoms in total. The van der Waals surface area contributed by atoms with Gasteiger partial charge in [0, 0.05) is 10.8 Å². The molecule has 1 aliphatic heterocycles. The average Bonchev–Trinajstić information content (AvgIpc) is 2.25. The SMILES string of the molecule is CC1CC(C)(C)NC(=NCc2ccccc2)S1.Cl. The first kappa shape index (κ1) is 15.4. The van der Waals surface area contributed by atoms with E-state index in [-0.39, 0.29) is 17.9 Å². The molecule has 1 atom stereocenters. The van der Waals surface area contributed by atoms with Crippen molar-refractivity contribution in [2.45, 2.75) is 44.5 Å². The lowest BCUT2D eigenvalue weighted by atomic mass is 9.99. The number of rotatable bonds is 2. The molecule has 1 fully saturated rings. The van der Waals surface area contributed by atoms with Crippen molar-refractivity contribution < 1.29 is 0 Å². The monoisotopic (exact) mass is 284 g/mol. The fraction of sp³-hybridized carbons (Fsp3) is 0.500.